The summed E-state index contributed by atoms with van der Waals surface area (Å²) in [4.78, 5) is 22.3. The van der Waals surface area contributed by atoms with Gasteiger partial charge >= 0.3 is 6.09 Å². The fraction of sp³-hybridized carbons (Fsp3) is 0.778. The number of aliphatic hydroxyl groups is 2. The zero-order valence-electron chi connectivity index (χ0n) is 9.29. The van der Waals surface area contributed by atoms with Gasteiger partial charge in [-0.3, -0.25) is 4.79 Å². The number of hydrogen-bond acceptors (Lipinski definition) is 6. The summed E-state index contributed by atoms with van der Waals surface area (Å²) in [6, 6.07) is -0.811. The Hall–Kier alpha value is -1.38. The third-order valence-corrected chi connectivity index (χ3v) is 3.12. The Morgan fingerprint density at radius 1 is 1.59 bits per heavy atom. The lowest BCUT2D eigenvalue weighted by Crippen LogP contribution is -2.68. The Kier molecular flexibility index (Phi) is 3.18. The highest BCUT2D eigenvalue weighted by Crippen LogP contribution is 2.25. The van der Waals surface area contributed by atoms with Crippen molar-refractivity contribution in [2.24, 2.45) is 0 Å². The monoisotopic (exact) mass is 245 g/mol. The molecule has 4 atom stereocenters. The minimum absolute atomic E-state index is 0.214. The van der Waals surface area contributed by atoms with Gasteiger partial charge in [0, 0.05) is 6.54 Å². The molecule has 17 heavy (non-hydrogen) atoms. The molecule has 2 aliphatic heterocycles. The first kappa shape index (κ1) is 12.1. The van der Waals surface area contributed by atoms with E-state index in [9.17, 15) is 19.8 Å². The number of hydrogen-bond donors (Lipinski definition) is 4. The molecular formula is C9H15N3O5. The standard InChI is InChI=1S/C9H15N3O5/c1-17-9(16)11-12-4(2-6(12)14)7-8(15)5(13)3-10-7/h4-5,7-8,10,13,15H,2-3H2,1H3,(H,11,16)/t4-,5+,7-,8+/m0/s1. The first-order valence-corrected chi connectivity index (χ1v) is 5.30. The summed E-state index contributed by atoms with van der Waals surface area (Å²) in [5.41, 5.74) is 2.27. The summed E-state index contributed by atoms with van der Waals surface area (Å²) in [6.07, 6.45) is -2.33. The fourth-order valence-corrected chi connectivity index (χ4v) is 2.12. The molecule has 4 N–H and O–H groups in total. The summed E-state index contributed by atoms with van der Waals surface area (Å²) in [7, 11) is 1.20. The summed E-state index contributed by atoms with van der Waals surface area (Å²) < 4.78 is 4.39. The Balaban J connectivity index is 1.98. The summed E-state index contributed by atoms with van der Waals surface area (Å²) in [5, 5.41) is 23.1. The average molecular weight is 245 g/mol. The van der Waals surface area contributed by atoms with E-state index in [0.717, 1.165) is 5.01 Å². The van der Waals surface area contributed by atoms with E-state index in [-0.39, 0.29) is 24.9 Å². The molecule has 0 aromatic rings. The average Bonchev–Trinajstić information content (AvgIpc) is 2.63. The molecule has 0 aromatic heterocycles. The molecule has 8 nitrogen and oxygen atoms in total. The smallest absolute Gasteiger partial charge is 0.425 e. The number of rotatable bonds is 2. The molecule has 0 spiro atoms. The number of nitrogens with one attached hydrogen (secondary N) is 2. The molecule has 0 radical (unpaired) electrons. The second kappa shape index (κ2) is 4.47. The Morgan fingerprint density at radius 2 is 2.29 bits per heavy atom. The van der Waals surface area contributed by atoms with Crippen LogP contribution in [0.1, 0.15) is 6.42 Å². The second-order valence-corrected chi connectivity index (χ2v) is 4.13. The van der Waals surface area contributed by atoms with Gasteiger partial charge in [-0.15, -0.1) is 0 Å². The van der Waals surface area contributed by atoms with Gasteiger partial charge in [-0.25, -0.2) is 15.2 Å². The van der Waals surface area contributed by atoms with Crippen molar-refractivity contribution in [1.29, 1.82) is 0 Å². The minimum Gasteiger partial charge on any atom is -0.452 e. The van der Waals surface area contributed by atoms with Gasteiger partial charge in [0.1, 0.15) is 0 Å². The molecule has 2 fully saturated rings. The van der Waals surface area contributed by atoms with Gasteiger partial charge in [-0.1, -0.05) is 0 Å². The van der Waals surface area contributed by atoms with E-state index >= 15 is 0 Å². The van der Waals surface area contributed by atoms with Crippen LogP contribution in [0, 0.1) is 0 Å². The predicted molar refractivity (Wildman–Crippen MR) is 54.6 cm³/mol. The van der Waals surface area contributed by atoms with Crippen LogP contribution >= 0.6 is 0 Å². The fourth-order valence-electron chi connectivity index (χ4n) is 2.12. The molecule has 2 amide bonds. The number of ether oxygens (including phenoxy) is 1. The van der Waals surface area contributed by atoms with E-state index in [1.807, 2.05) is 0 Å². The lowest BCUT2D eigenvalue weighted by Gasteiger charge is -2.43. The predicted octanol–water partition coefficient (Wildman–Crippen LogP) is -2.45. The van der Waals surface area contributed by atoms with Crippen LogP contribution in [-0.2, 0) is 9.53 Å². The zero-order chi connectivity index (χ0) is 12.6. The third kappa shape index (κ3) is 2.06. The van der Waals surface area contributed by atoms with Crippen molar-refractivity contribution in [3.05, 3.63) is 0 Å². The van der Waals surface area contributed by atoms with Crippen molar-refractivity contribution >= 4 is 12.0 Å². The van der Waals surface area contributed by atoms with Crippen molar-refractivity contribution in [3.8, 4) is 0 Å². The van der Waals surface area contributed by atoms with Crippen LogP contribution in [0.3, 0.4) is 0 Å². The van der Waals surface area contributed by atoms with Crippen molar-refractivity contribution in [3.63, 3.8) is 0 Å². The Bertz CT molecular complexity index is 337. The number of hydrazine groups is 1. The van der Waals surface area contributed by atoms with E-state index in [0.29, 0.717) is 0 Å². The van der Waals surface area contributed by atoms with Crippen LogP contribution in [0.25, 0.3) is 0 Å². The Labute approximate surface area is 97.5 Å². The SMILES string of the molecule is COC(=O)NN1C(=O)C[C@H]1[C@@H]1NC[C@@H](O)[C@H]1O. The van der Waals surface area contributed by atoms with Crippen LogP contribution in [0.4, 0.5) is 4.79 Å². The summed E-state index contributed by atoms with van der Waals surface area (Å²) in [6.45, 7) is 0.266. The van der Waals surface area contributed by atoms with Gasteiger partial charge in [0.05, 0.1) is 37.8 Å². The van der Waals surface area contributed by atoms with E-state index in [4.69, 9.17) is 0 Å². The number of nitrogens with zero attached hydrogens (tertiary/aromatic N) is 1. The summed E-state index contributed by atoms with van der Waals surface area (Å²) >= 11 is 0. The van der Waals surface area contributed by atoms with Crippen molar-refractivity contribution in [1.82, 2.24) is 15.8 Å². The highest BCUT2D eigenvalue weighted by Gasteiger charge is 2.49. The highest BCUT2D eigenvalue weighted by molar-refractivity contribution is 5.85. The number of β-lactam (4-membered cyclic amide) rings is 1. The quantitative estimate of drug-likeness (QED) is 0.402. The van der Waals surface area contributed by atoms with Gasteiger partial charge < -0.3 is 20.3 Å². The van der Waals surface area contributed by atoms with E-state index in [1.165, 1.54) is 7.11 Å². The largest absolute Gasteiger partial charge is 0.452 e. The molecular weight excluding hydrogens is 230 g/mol. The maximum absolute atomic E-state index is 11.3. The third-order valence-electron chi connectivity index (χ3n) is 3.12. The normalized spacial score (nSPS) is 36.6. The molecule has 0 unspecified atom stereocenters. The van der Waals surface area contributed by atoms with Gasteiger partial charge in [0.2, 0.25) is 5.91 Å². The lowest BCUT2D eigenvalue weighted by atomic mass is 9.93. The molecule has 8 heteroatoms. The minimum atomic E-state index is -0.949. The molecule has 2 rings (SSSR count). The number of amides is 2. The maximum Gasteiger partial charge on any atom is 0.425 e. The van der Waals surface area contributed by atoms with Crippen LogP contribution in [0.5, 0.6) is 0 Å². The highest BCUT2D eigenvalue weighted by atomic mass is 16.5. The van der Waals surface area contributed by atoms with Crippen molar-refractivity contribution in [2.45, 2.75) is 30.7 Å². The number of carbonyl (C=O) groups excluding carboxylic acids is 2. The van der Waals surface area contributed by atoms with E-state index in [2.05, 4.69) is 15.5 Å². The maximum atomic E-state index is 11.3. The van der Waals surface area contributed by atoms with Crippen LogP contribution in [0.15, 0.2) is 0 Å². The van der Waals surface area contributed by atoms with Gasteiger partial charge in [0.25, 0.3) is 0 Å². The molecule has 0 bridgehead atoms. The molecule has 0 saturated carbocycles. The van der Waals surface area contributed by atoms with Gasteiger partial charge in [-0.05, 0) is 0 Å². The molecule has 0 aromatic carbocycles. The van der Waals surface area contributed by atoms with Crippen LogP contribution < -0.4 is 10.7 Å². The summed E-state index contributed by atoms with van der Waals surface area (Å²) in [5.74, 6) is -0.254. The molecule has 2 heterocycles. The van der Waals surface area contributed by atoms with Crippen molar-refractivity contribution in [2.75, 3.05) is 13.7 Å². The van der Waals surface area contributed by atoms with E-state index < -0.39 is 24.3 Å². The second-order valence-electron chi connectivity index (χ2n) is 4.13. The van der Waals surface area contributed by atoms with Gasteiger partial charge in [-0.2, -0.15) is 0 Å². The van der Waals surface area contributed by atoms with Crippen LogP contribution in [0.2, 0.25) is 0 Å². The molecule has 0 aliphatic carbocycles. The zero-order valence-corrected chi connectivity index (χ0v) is 9.29. The van der Waals surface area contributed by atoms with Crippen LogP contribution in [-0.4, -0.2) is 65.2 Å². The lowest BCUT2D eigenvalue weighted by molar-refractivity contribution is -0.154. The van der Waals surface area contributed by atoms with Gasteiger partial charge in [0.15, 0.2) is 0 Å². The number of methoxy groups -OCH3 is 1. The van der Waals surface area contributed by atoms with E-state index in [1.54, 1.807) is 0 Å². The molecule has 2 aliphatic rings. The molecule has 96 valence electrons. The number of aliphatic hydroxyl groups excluding tert-OH is 2. The Morgan fingerprint density at radius 3 is 2.76 bits per heavy atom. The molecule has 2 saturated heterocycles. The first-order valence-electron chi connectivity index (χ1n) is 5.30. The first-order chi connectivity index (χ1) is 8.04. The van der Waals surface area contributed by atoms with Crippen molar-refractivity contribution < 1.29 is 24.5 Å². The number of carbonyl (C=O) groups is 2. The topological polar surface area (TPSA) is 111 Å². The number of β-amino-alcohol motifs (C(OH)–C–C–N with tert-alkyl or cyclic N) is 1.